The van der Waals surface area contributed by atoms with E-state index in [0.717, 1.165) is 37.9 Å². The summed E-state index contributed by atoms with van der Waals surface area (Å²) >= 11 is 0. The Labute approximate surface area is 131 Å². The van der Waals surface area contributed by atoms with Crippen molar-refractivity contribution in [2.24, 2.45) is 11.3 Å². The van der Waals surface area contributed by atoms with Crippen molar-refractivity contribution in [1.82, 2.24) is 10.6 Å². The Kier molecular flexibility index (Phi) is 4.25. The van der Waals surface area contributed by atoms with Gasteiger partial charge in [-0.2, -0.15) is 0 Å². The summed E-state index contributed by atoms with van der Waals surface area (Å²) in [5.41, 5.74) is 1.21. The molecule has 1 heterocycles. The molecule has 1 unspecified atom stereocenters. The van der Waals surface area contributed by atoms with E-state index in [2.05, 4.69) is 10.6 Å². The normalized spacial score (nSPS) is 22.2. The summed E-state index contributed by atoms with van der Waals surface area (Å²) < 4.78 is 10.7. The van der Waals surface area contributed by atoms with E-state index in [1.54, 1.807) is 14.2 Å². The smallest absolute Gasteiger partial charge is 0.223 e. The molecule has 1 aliphatic heterocycles. The fourth-order valence-electron chi connectivity index (χ4n) is 3.59. The van der Waals surface area contributed by atoms with Gasteiger partial charge in [0.2, 0.25) is 5.91 Å². The molecule has 2 aliphatic rings. The molecule has 3 rings (SSSR count). The van der Waals surface area contributed by atoms with Crippen molar-refractivity contribution in [3.63, 3.8) is 0 Å². The number of hydrogen-bond donors (Lipinski definition) is 2. The van der Waals surface area contributed by atoms with Crippen LogP contribution in [-0.2, 0) is 11.3 Å². The van der Waals surface area contributed by atoms with Gasteiger partial charge >= 0.3 is 0 Å². The van der Waals surface area contributed by atoms with Gasteiger partial charge in [0.15, 0.2) is 11.5 Å². The van der Waals surface area contributed by atoms with Gasteiger partial charge in [-0.25, -0.2) is 0 Å². The first-order chi connectivity index (χ1) is 10.7. The predicted octanol–water partition coefficient (Wildman–Crippen LogP) is 1.71. The summed E-state index contributed by atoms with van der Waals surface area (Å²) in [4.78, 5) is 12.4. The van der Waals surface area contributed by atoms with Crippen LogP contribution in [0.5, 0.6) is 11.5 Å². The second-order valence-corrected chi connectivity index (χ2v) is 6.24. The Morgan fingerprint density at radius 2 is 2.09 bits per heavy atom. The monoisotopic (exact) mass is 304 g/mol. The third kappa shape index (κ3) is 2.77. The van der Waals surface area contributed by atoms with Crippen LogP contribution >= 0.6 is 0 Å². The highest BCUT2D eigenvalue weighted by Gasteiger charge is 2.57. The van der Waals surface area contributed by atoms with Gasteiger partial charge in [-0.3, -0.25) is 4.79 Å². The SMILES string of the molecule is COc1cccc(CNC(=O)C2CC23CCNCC3)c1OC. The van der Waals surface area contributed by atoms with Gasteiger partial charge in [-0.1, -0.05) is 12.1 Å². The summed E-state index contributed by atoms with van der Waals surface area (Å²) in [6, 6.07) is 5.72. The van der Waals surface area contributed by atoms with E-state index in [-0.39, 0.29) is 17.2 Å². The number of nitrogens with one attached hydrogen (secondary N) is 2. The van der Waals surface area contributed by atoms with E-state index in [1.165, 1.54) is 0 Å². The molecule has 0 aromatic heterocycles. The summed E-state index contributed by atoms with van der Waals surface area (Å²) in [6.45, 7) is 2.55. The van der Waals surface area contributed by atoms with Gasteiger partial charge in [0.1, 0.15) is 0 Å². The van der Waals surface area contributed by atoms with Crippen molar-refractivity contribution in [2.45, 2.75) is 25.8 Å². The van der Waals surface area contributed by atoms with Gasteiger partial charge in [0.25, 0.3) is 0 Å². The molecule has 2 N–H and O–H groups in total. The molecule has 1 aromatic rings. The average molecular weight is 304 g/mol. The van der Waals surface area contributed by atoms with Crippen LogP contribution in [0.2, 0.25) is 0 Å². The van der Waals surface area contributed by atoms with Gasteiger partial charge in [-0.15, -0.1) is 0 Å². The highest BCUT2D eigenvalue weighted by molar-refractivity contribution is 5.82. The van der Waals surface area contributed by atoms with Crippen LogP contribution in [0.3, 0.4) is 0 Å². The van der Waals surface area contributed by atoms with Crippen LogP contribution in [0.4, 0.5) is 0 Å². The molecule has 1 aliphatic carbocycles. The van der Waals surface area contributed by atoms with Crippen molar-refractivity contribution in [1.29, 1.82) is 0 Å². The quantitative estimate of drug-likeness (QED) is 0.869. The topological polar surface area (TPSA) is 59.6 Å². The number of ether oxygens (including phenoxy) is 2. The van der Waals surface area contributed by atoms with Crippen molar-refractivity contribution in [2.75, 3.05) is 27.3 Å². The summed E-state index contributed by atoms with van der Waals surface area (Å²) in [5, 5.41) is 6.43. The van der Waals surface area contributed by atoms with Crippen LogP contribution in [0.15, 0.2) is 18.2 Å². The molecule has 2 fully saturated rings. The number of carbonyl (C=O) groups excluding carboxylic acids is 1. The van der Waals surface area contributed by atoms with Crippen LogP contribution < -0.4 is 20.1 Å². The van der Waals surface area contributed by atoms with E-state index in [4.69, 9.17) is 9.47 Å². The lowest BCUT2D eigenvalue weighted by Crippen LogP contribution is -2.33. The highest BCUT2D eigenvalue weighted by Crippen LogP contribution is 2.58. The number of hydrogen-bond acceptors (Lipinski definition) is 4. The minimum Gasteiger partial charge on any atom is -0.493 e. The zero-order valence-electron chi connectivity index (χ0n) is 13.3. The fraction of sp³-hybridized carbons (Fsp3) is 0.588. The number of amides is 1. The maximum atomic E-state index is 12.4. The predicted molar refractivity (Wildman–Crippen MR) is 84.0 cm³/mol. The highest BCUT2D eigenvalue weighted by atomic mass is 16.5. The molecule has 120 valence electrons. The Morgan fingerprint density at radius 3 is 2.77 bits per heavy atom. The Hall–Kier alpha value is -1.75. The first kappa shape index (κ1) is 15.2. The molecule has 1 atom stereocenters. The Morgan fingerprint density at radius 1 is 1.32 bits per heavy atom. The molecule has 1 amide bonds. The largest absolute Gasteiger partial charge is 0.493 e. The van der Waals surface area contributed by atoms with Crippen molar-refractivity contribution < 1.29 is 14.3 Å². The lowest BCUT2D eigenvalue weighted by atomic mass is 9.92. The van der Waals surface area contributed by atoms with Gasteiger partial charge in [-0.05, 0) is 43.8 Å². The second-order valence-electron chi connectivity index (χ2n) is 6.24. The minimum atomic E-state index is 0.173. The lowest BCUT2D eigenvalue weighted by Gasteiger charge is -2.23. The molecular weight excluding hydrogens is 280 g/mol. The molecule has 1 saturated carbocycles. The number of piperidine rings is 1. The fourth-order valence-corrected chi connectivity index (χ4v) is 3.59. The molecular formula is C17H24N2O3. The van der Waals surface area contributed by atoms with Crippen LogP contribution in [0, 0.1) is 11.3 Å². The van der Waals surface area contributed by atoms with Gasteiger partial charge in [0, 0.05) is 18.0 Å². The third-order valence-corrected chi connectivity index (χ3v) is 5.04. The zero-order valence-corrected chi connectivity index (χ0v) is 13.3. The molecule has 22 heavy (non-hydrogen) atoms. The molecule has 1 saturated heterocycles. The first-order valence-corrected chi connectivity index (χ1v) is 7.88. The van der Waals surface area contributed by atoms with E-state index < -0.39 is 0 Å². The summed E-state index contributed by atoms with van der Waals surface area (Å²) in [5.74, 6) is 1.74. The molecule has 5 nitrogen and oxygen atoms in total. The third-order valence-electron chi connectivity index (χ3n) is 5.04. The zero-order chi connectivity index (χ0) is 15.6. The molecule has 1 aromatic carbocycles. The lowest BCUT2D eigenvalue weighted by molar-refractivity contribution is -0.123. The maximum Gasteiger partial charge on any atom is 0.223 e. The standard InChI is InChI=1S/C17H24N2O3/c1-21-14-5-3-4-12(15(14)22-2)11-19-16(20)13-10-17(13)6-8-18-9-7-17/h3-5,13,18H,6-11H2,1-2H3,(H,19,20). The van der Waals surface area contributed by atoms with E-state index >= 15 is 0 Å². The molecule has 1 spiro atoms. The number of rotatable bonds is 5. The van der Waals surface area contributed by atoms with Crippen LogP contribution in [0.25, 0.3) is 0 Å². The van der Waals surface area contributed by atoms with Gasteiger partial charge in [0.05, 0.1) is 14.2 Å². The average Bonchev–Trinajstić information content (AvgIpc) is 3.25. The Balaban J connectivity index is 1.60. The molecule has 0 radical (unpaired) electrons. The van der Waals surface area contributed by atoms with Crippen molar-refractivity contribution in [3.05, 3.63) is 23.8 Å². The van der Waals surface area contributed by atoms with E-state index in [1.807, 2.05) is 18.2 Å². The van der Waals surface area contributed by atoms with Crippen LogP contribution in [0.1, 0.15) is 24.8 Å². The van der Waals surface area contributed by atoms with Crippen LogP contribution in [-0.4, -0.2) is 33.2 Å². The first-order valence-electron chi connectivity index (χ1n) is 7.88. The van der Waals surface area contributed by atoms with E-state index in [0.29, 0.717) is 18.0 Å². The van der Waals surface area contributed by atoms with Gasteiger partial charge < -0.3 is 20.1 Å². The number of carbonyl (C=O) groups is 1. The second kappa shape index (κ2) is 6.16. The summed E-state index contributed by atoms with van der Waals surface area (Å²) in [7, 11) is 3.24. The number of methoxy groups -OCH3 is 2. The maximum absolute atomic E-state index is 12.4. The van der Waals surface area contributed by atoms with Crippen molar-refractivity contribution >= 4 is 5.91 Å². The summed E-state index contributed by atoms with van der Waals surface area (Å²) in [6.07, 6.45) is 3.27. The Bertz CT molecular complexity index is 553. The van der Waals surface area contributed by atoms with Crippen molar-refractivity contribution in [3.8, 4) is 11.5 Å². The number of benzene rings is 1. The molecule has 5 heteroatoms. The molecule has 0 bridgehead atoms. The van der Waals surface area contributed by atoms with E-state index in [9.17, 15) is 4.79 Å². The number of para-hydroxylation sites is 1. The minimum absolute atomic E-state index is 0.173.